The minimum Gasteiger partial charge on any atom is -0.508 e. The van der Waals surface area contributed by atoms with Crippen molar-refractivity contribution in [3.8, 4) is 5.75 Å². The number of hydrogen-bond donors (Lipinski definition) is 2. The number of carbonyl (C=O) groups is 1. The first kappa shape index (κ1) is 13.3. The Morgan fingerprint density at radius 2 is 2.10 bits per heavy atom. The smallest absolute Gasteiger partial charge is 0.162 e. The van der Waals surface area contributed by atoms with Gasteiger partial charge in [0.1, 0.15) is 11.9 Å². The third-order valence-electron chi connectivity index (χ3n) is 6.50. The highest BCUT2D eigenvalue weighted by molar-refractivity contribution is 5.86. The molecular weight excluding hydrogens is 264 g/mol. The van der Waals surface area contributed by atoms with Gasteiger partial charge in [-0.05, 0) is 66.7 Å². The molecule has 2 saturated carbocycles. The van der Waals surface area contributed by atoms with Crippen molar-refractivity contribution in [1.82, 2.24) is 0 Å². The summed E-state index contributed by atoms with van der Waals surface area (Å²) in [5.41, 5.74) is 2.41. The first-order chi connectivity index (χ1) is 10.0. The van der Waals surface area contributed by atoms with E-state index in [9.17, 15) is 15.0 Å². The Morgan fingerprint density at radius 1 is 1.29 bits per heavy atom. The second-order valence-electron chi connectivity index (χ2n) is 7.42. The monoisotopic (exact) mass is 286 g/mol. The van der Waals surface area contributed by atoms with Gasteiger partial charge in [0.05, 0.1) is 0 Å². The normalized spacial score (nSPS) is 41.3. The fourth-order valence-corrected chi connectivity index (χ4v) is 5.34. The number of aliphatic hydroxyl groups excluding tert-OH is 1. The van der Waals surface area contributed by atoms with Crippen molar-refractivity contribution < 1.29 is 15.0 Å². The Labute approximate surface area is 125 Å². The van der Waals surface area contributed by atoms with Gasteiger partial charge in [0.25, 0.3) is 0 Å². The maximum atomic E-state index is 12.0. The number of benzene rings is 1. The van der Waals surface area contributed by atoms with E-state index >= 15 is 0 Å². The van der Waals surface area contributed by atoms with Crippen LogP contribution in [0.1, 0.15) is 49.7 Å². The molecular formula is C18H22O3. The highest BCUT2D eigenvalue weighted by Crippen LogP contribution is 2.60. The SMILES string of the molecule is C[C@@]12CC[C@@H]3c4ccc(O)cc4CC[C@@H]3[C@@H]1CC(=O)[C@@H]2O. The number of aromatic hydroxyl groups is 1. The van der Waals surface area contributed by atoms with Crippen molar-refractivity contribution in [2.45, 2.75) is 51.0 Å². The molecule has 1 aromatic carbocycles. The molecule has 0 amide bonds. The summed E-state index contributed by atoms with van der Waals surface area (Å²) >= 11 is 0. The molecule has 0 aliphatic heterocycles. The van der Waals surface area contributed by atoms with Crippen LogP contribution < -0.4 is 0 Å². The molecule has 3 nitrogen and oxygen atoms in total. The van der Waals surface area contributed by atoms with E-state index in [1.54, 1.807) is 6.07 Å². The number of carbonyl (C=O) groups excluding carboxylic acids is 1. The molecule has 1 aromatic rings. The van der Waals surface area contributed by atoms with Crippen LogP contribution in [0.3, 0.4) is 0 Å². The Bertz CT molecular complexity index is 608. The van der Waals surface area contributed by atoms with E-state index in [4.69, 9.17) is 0 Å². The van der Waals surface area contributed by atoms with Gasteiger partial charge >= 0.3 is 0 Å². The summed E-state index contributed by atoms with van der Waals surface area (Å²) in [5.74, 6) is 1.70. The molecule has 3 aliphatic rings. The summed E-state index contributed by atoms with van der Waals surface area (Å²) in [5, 5.41) is 20.0. The summed E-state index contributed by atoms with van der Waals surface area (Å²) in [4.78, 5) is 12.0. The van der Waals surface area contributed by atoms with Crippen molar-refractivity contribution in [2.24, 2.45) is 17.3 Å². The number of hydrogen-bond acceptors (Lipinski definition) is 3. The van der Waals surface area contributed by atoms with E-state index < -0.39 is 6.10 Å². The lowest BCUT2D eigenvalue weighted by atomic mass is 9.55. The number of aliphatic hydroxyl groups is 1. The average molecular weight is 286 g/mol. The quantitative estimate of drug-likeness (QED) is 0.771. The lowest BCUT2D eigenvalue weighted by Gasteiger charge is -2.49. The van der Waals surface area contributed by atoms with Crippen molar-refractivity contribution in [3.63, 3.8) is 0 Å². The third kappa shape index (κ3) is 1.73. The maximum absolute atomic E-state index is 12.0. The molecule has 0 bridgehead atoms. The molecule has 3 heteroatoms. The van der Waals surface area contributed by atoms with Crippen LogP contribution in [0.4, 0.5) is 0 Å². The molecule has 21 heavy (non-hydrogen) atoms. The van der Waals surface area contributed by atoms with Gasteiger partial charge in [-0.2, -0.15) is 0 Å². The highest BCUT2D eigenvalue weighted by atomic mass is 16.3. The number of phenols is 1. The minimum atomic E-state index is -0.760. The van der Waals surface area contributed by atoms with Gasteiger partial charge in [0.2, 0.25) is 0 Å². The van der Waals surface area contributed by atoms with Crippen LogP contribution in [0.5, 0.6) is 5.75 Å². The number of Topliss-reactive ketones (excluding diaryl/α,β-unsaturated/α-hetero) is 1. The van der Waals surface area contributed by atoms with Crippen molar-refractivity contribution in [3.05, 3.63) is 29.3 Å². The Morgan fingerprint density at radius 3 is 2.90 bits per heavy atom. The summed E-state index contributed by atoms with van der Waals surface area (Å²) in [7, 11) is 0. The number of fused-ring (bicyclic) bond motifs is 5. The molecule has 0 spiro atoms. The van der Waals surface area contributed by atoms with Gasteiger partial charge in [-0.25, -0.2) is 0 Å². The zero-order chi connectivity index (χ0) is 14.8. The van der Waals surface area contributed by atoms with E-state index in [0.717, 1.165) is 25.7 Å². The molecule has 4 rings (SSSR count). The lowest BCUT2D eigenvalue weighted by molar-refractivity contribution is -0.128. The fraction of sp³-hybridized carbons (Fsp3) is 0.611. The number of rotatable bonds is 0. The standard InChI is InChI=1S/C18H22O3/c1-18-7-6-13-12-5-3-11(19)8-10(12)2-4-14(13)15(18)9-16(20)17(18)21/h3,5,8,13-15,17,19,21H,2,4,6-7,9H2,1H3/t13-,14+,15+,17+,18-/m1/s1. The highest BCUT2D eigenvalue weighted by Gasteiger charge is 2.57. The molecule has 0 saturated heterocycles. The molecule has 0 unspecified atom stereocenters. The van der Waals surface area contributed by atoms with Gasteiger partial charge in [0.15, 0.2) is 5.78 Å². The average Bonchev–Trinajstić information content (AvgIpc) is 2.70. The van der Waals surface area contributed by atoms with Crippen LogP contribution in [0, 0.1) is 17.3 Å². The molecule has 0 aromatic heterocycles. The summed E-state index contributed by atoms with van der Waals surface area (Å²) in [6.07, 6.45) is 3.80. The van der Waals surface area contributed by atoms with Crippen LogP contribution in [-0.4, -0.2) is 22.1 Å². The molecule has 112 valence electrons. The molecule has 2 N–H and O–H groups in total. The van der Waals surface area contributed by atoms with Crippen LogP contribution in [0.25, 0.3) is 0 Å². The fourth-order valence-electron chi connectivity index (χ4n) is 5.34. The van der Waals surface area contributed by atoms with E-state index in [1.807, 2.05) is 6.07 Å². The van der Waals surface area contributed by atoms with E-state index in [1.165, 1.54) is 11.1 Å². The number of aryl methyl sites for hydroxylation is 1. The number of phenolic OH excluding ortho intramolecular Hbond substituents is 1. The van der Waals surface area contributed by atoms with E-state index in [-0.39, 0.29) is 11.2 Å². The Balaban J connectivity index is 1.73. The van der Waals surface area contributed by atoms with Gasteiger partial charge < -0.3 is 10.2 Å². The van der Waals surface area contributed by atoms with Gasteiger partial charge in [-0.15, -0.1) is 0 Å². The van der Waals surface area contributed by atoms with Crippen molar-refractivity contribution in [1.29, 1.82) is 0 Å². The summed E-state index contributed by atoms with van der Waals surface area (Å²) in [6, 6.07) is 5.75. The number of ketones is 1. The zero-order valence-electron chi connectivity index (χ0n) is 12.4. The third-order valence-corrected chi connectivity index (χ3v) is 6.50. The van der Waals surface area contributed by atoms with Crippen molar-refractivity contribution in [2.75, 3.05) is 0 Å². The topological polar surface area (TPSA) is 57.5 Å². The van der Waals surface area contributed by atoms with Crippen LogP contribution in [0.15, 0.2) is 18.2 Å². The van der Waals surface area contributed by atoms with Crippen LogP contribution >= 0.6 is 0 Å². The molecule has 5 atom stereocenters. The predicted molar refractivity (Wildman–Crippen MR) is 79.1 cm³/mol. The minimum absolute atomic E-state index is 0.0413. The van der Waals surface area contributed by atoms with Gasteiger partial charge in [-0.1, -0.05) is 13.0 Å². The molecule has 2 fully saturated rings. The predicted octanol–water partition coefficient (Wildman–Crippen LogP) is 2.79. The molecule has 3 aliphatic carbocycles. The Kier molecular flexibility index (Phi) is 2.74. The first-order valence-electron chi connectivity index (χ1n) is 8.03. The van der Waals surface area contributed by atoms with Crippen molar-refractivity contribution >= 4 is 5.78 Å². The second kappa shape index (κ2) is 4.33. The van der Waals surface area contributed by atoms with Crippen LogP contribution in [0.2, 0.25) is 0 Å². The summed E-state index contributed by atoms with van der Waals surface area (Å²) < 4.78 is 0. The van der Waals surface area contributed by atoms with E-state index in [0.29, 0.717) is 29.9 Å². The lowest BCUT2D eigenvalue weighted by Crippen LogP contribution is -2.44. The Hall–Kier alpha value is -1.35. The second-order valence-corrected chi connectivity index (χ2v) is 7.42. The largest absolute Gasteiger partial charge is 0.508 e. The molecule has 0 radical (unpaired) electrons. The zero-order valence-corrected chi connectivity index (χ0v) is 12.4. The first-order valence-corrected chi connectivity index (χ1v) is 8.03. The maximum Gasteiger partial charge on any atom is 0.162 e. The molecule has 0 heterocycles. The van der Waals surface area contributed by atoms with Gasteiger partial charge in [-0.3, -0.25) is 4.79 Å². The van der Waals surface area contributed by atoms with E-state index in [2.05, 4.69) is 13.0 Å². The van der Waals surface area contributed by atoms with Gasteiger partial charge in [0, 0.05) is 11.8 Å². The summed E-state index contributed by atoms with van der Waals surface area (Å²) in [6.45, 7) is 2.11. The van der Waals surface area contributed by atoms with Crippen LogP contribution in [-0.2, 0) is 11.2 Å².